The van der Waals surface area contributed by atoms with Crippen molar-refractivity contribution >= 4 is 38.5 Å². The number of carbonyl (C=O) groups excluding carboxylic acids is 1. The number of benzene rings is 1. The van der Waals surface area contributed by atoms with Gasteiger partial charge in [0.05, 0.1) is 27.6 Å². The number of hydrogen-bond donors (Lipinski definition) is 0. The number of esters is 1. The third kappa shape index (κ3) is 2.87. The lowest BCUT2D eigenvalue weighted by molar-refractivity contribution is -0.386. The minimum Gasteiger partial charge on any atom is -0.468 e. The number of halogens is 2. The van der Waals surface area contributed by atoms with Gasteiger partial charge in [0.25, 0.3) is 5.69 Å². The van der Waals surface area contributed by atoms with Crippen molar-refractivity contribution in [2.75, 3.05) is 20.3 Å². The topological polar surface area (TPSA) is 91.6 Å². The van der Waals surface area contributed by atoms with Crippen molar-refractivity contribution in [2.45, 2.75) is 18.3 Å². The van der Waals surface area contributed by atoms with Crippen LogP contribution in [0.3, 0.4) is 0 Å². The average molecular weight is 413 g/mol. The van der Waals surface area contributed by atoms with Gasteiger partial charge in [-0.2, -0.15) is 0 Å². The van der Waals surface area contributed by atoms with Gasteiger partial charge in [0.15, 0.2) is 0 Å². The fourth-order valence-electron chi connectivity index (χ4n) is 3.29. The SMILES string of the molecule is COC(=O)C1(c2c([N+](=O)[O-])cnc3cc(F)c(Br)cc23)CCOCC1. The maximum atomic E-state index is 13.9. The summed E-state index contributed by atoms with van der Waals surface area (Å²) in [6, 6.07) is 2.59. The second-order valence-electron chi connectivity index (χ2n) is 5.75. The minimum atomic E-state index is -1.24. The summed E-state index contributed by atoms with van der Waals surface area (Å²) in [4.78, 5) is 27.7. The smallest absolute Gasteiger partial charge is 0.316 e. The maximum Gasteiger partial charge on any atom is 0.316 e. The highest BCUT2D eigenvalue weighted by Gasteiger charge is 2.48. The van der Waals surface area contributed by atoms with Crippen molar-refractivity contribution in [2.24, 2.45) is 0 Å². The van der Waals surface area contributed by atoms with Gasteiger partial charge >= 0.3 is 5.97 Å². The molecule has 0 N–H and O–H groups in total. The van der Waals surface area contributed by atoms with Gasteiger partial charge in [0.1, 0.15) is 17.4 Å². The molecule has 0 atom stereocenters. The lowest BCUT2D eigenvalue weighted by Crippen LogP contribution is -2.42. The monoisotopic (exact) mass is 412 g/mol. The predicted octanol–water partition coefficient (Wildman–Crippen LogP) is 3.27. The Hall–Kier alpha value is -2.13. The van der Waals surface area contributed by atoms with Crippen LogP contribution in [0.25, 0.3) is 10.9 Å². The van der Waals surface area contributed by atoms with E-state index >= 15 is 0 Å². The first-order valence-corrected chi connectivity index (χ1v) is 8.29. The van der Waals surface area contributed by atoms with Crippen molar-refractivity contribution in [3.8, 4) is 0 Å². The third-order valence-corrected chi connectivity index (χ3v) is 5.10. The molecule has 1 aromatic heterocycles. The molecule has 2 heterocycles. The molecule has 0 radical (unpaired) electrons. The summed E-state index contributed by atoms with van der Waals surface area (Å²) in [5.41, 5.74) is -1.11. The second kappa shape index (κ2) is 6.64. The number of methoxy groups -OCH3 is 1. The van der Waals surface area contributed by atoms with E-state index in [4.69, 9.17) is 9.47 Å². The van der Waals surface area contributed by atoms with Crippen molar-refractivity contribution in [1.82, 2.24) is 4.98 Å². The molecular formula is C16H14BrFN2O5. The van der Waals surface area contributed by atoms with Gasteiger partial charge in [-0.25, -0.2) is 9.37 Å². The van der Waals surface area contributed by atoms with Crippen LogP contribution in [0.1, 0.15) is 18.4 Å². The zero-order valence-electron chi connectivity index (χ0n) is 13.3. The summed E-state index contributed by atoms with van der Waals surface area (Å²) < 4.78 is 24.3. The number of hydrogen-bond acceptors (Lipinski definition) is 6. The first kappa shape index (κ1) is 17.7. The quantitative estimate of drug-likeness (QED) is 0.436. The number of carbonyl (C=O) groups is 1. The highest BCUT2D eigenvalue weighted by Crippen LogP contribution is 2.44. The fraction of sp³-hybridized carbons (Fsp3) is 0.375. The van der Waals surface area contributed by atoms with E-state index in [0.29, 0.717) is 5.39 Å². The zero-order valence-corrected chi connectivity index (χ0v) is 14.8. The lowest BCUT2D eigenvalue weighted by Gasteiger charge is -2.35. The Morgan fingerprint density at radius 3 is 2.72 bits per heavy atom. The number of nitrogens with zero attached hydrogens (tertiary/aromatic N) is 2. The number of pyridine rings is 1. The Labute approximate surface area is 150 Å². The Morgan fingerprint density at radius 1 is 1.44 bits per heavy atom. The van der Waals surface area contributed by atoms with E-state index in [0.717, 1.165) is 6.20 Å². The van der Waals surface area contributed by atoms with Crippen LogP contribution in [-0.4, -0.2) is 36.2 Å². The number of aromatic nitrogens is 1. The van der Waals surface area contributed by atoms with Crippen molar-refractivity contribution < 1.29 is 23.6 Å². The molecule has 2 aromatic rings. The highest BCUT2D eigenvalue weighted by molar-refractivity contribution is 9.10. The van der Waals surface area contributed by atoms with Gasteiger partial charge < -0.3 is 9.47 Å². The maximum absolute atomic E-state index is 13.9. The number of nitro groups is 1. The van der Waals surface area contributed by atoms with Crippen LogP contribution >= 0.6 is 15.9 Å². The lowest BCUT2D eigenvalue weighted by atomic mass is 9.72. The molecule has 0 spiro atoms. The molecule has 0 saturated carbocycles. The molecule has 0 unspecified atom stereocenters. The Morgan fingerprint density at radius 2 is 2.12 bits per heavy atom. The van der Waals surface area contributed by atoms with Crippen LogP contribution in [0.15, 0.2) is 22.8 Å². The molecule has 25 heavy (non-hydrogen) atoms. The number of rotatable bonds is 3. The summed E-state index contributed by atoms with van der Waals surface area (Å²) in [5.74, 6) is -1.12. The molecule has 1 fully saturated rings. The molecule has 7 nitrogen and oxygen atoms in total. The Bertz CT molecular complexity index is 867. The van der Waals surface area contributed by atoms with Crippen LogP contribution < -0.4 is 0 Å². The van der Waals surface area contributed by atoms with Crippen molar-refractivity contribution in [1.29, 1.82) is 0 Å². The summed E-state index contributed by atoms with van der Waals surface area (Å²) in [6.07, 6.45) is 1.52. The standard InChI is InChI=1S/C16H14BrFN2O5/c1-24-15(21)16(2-4-25-5-3-16)14-9-6-10(17)11(18)7-12(9)19-8-13(14)20(22)23/h6-8H,2-5H2,1H3. The first-order chi connectivity index (χ1) is 11.9. The zero-order chi connectivity index (χ0) is 18.2. The molecule has 1 aliphatic rings. The predicted molar refractivity (Wildman–Crippen MR) is 89.8 cm³/mol. The van der Waals surface area contributed by atoms with Crippen LogP contribution in [-0.2, 0) is 19.7 Å². The fourth-order valence-corrected chi connectivity index (χ4v) is 3.63. The summed E-state index contributed by atoms with van der Waals surface area (Å²) >= 11 is 3.09. The molecular weight excluding hydrogens is 399 g/mol. The molecule has 1 aliphatic heterocycles. The minimum absolute atomic E-state index is 0.135. The number of ether oxygens (including phenoxy) is 2. The molecule has 9 heteroatoms. The van der Waals surface area contributed by atoms with E-state index in [-0.39, 0.29) is 47.3 Å². The molecule has 3 rings (SSSR count). The van der Waals surface area contributed by atoms with Crippen LogP contribution in [0.4, 0.5) is 10.1 Å². The summed E-state index contributed by atoms with van der Waals surface area (Å²) in [7, 11) is 1.24. The van der Waals surface area contributed by atoms with E-state index in [1.807, 2.05) is 0 Å². The van der Waals surface area contributed by atoms with Gasteiger partial charge in [-0.1, -0.05) is 0 Å². The van der Waals surface area contributed by atoms with Crippen molar-refractivity contribution in [3.05, 3.63) is 44.3 Å². The van der Waals surface area contributed by atoms with Gasteiger partial charge in [-0.15, -0.1) is 0 Å². The molecule has 0 aliphatic carbocycles. The van der Waals surface area contributed by atoms with Gasteiger partial charge in [0, 0.05) is 24.7 Å². The summed E-state index contributed by atoms with van der Waals surface area (Å²) in [6.45, 7) is 0.525. The second-order valence-corrected chi connectivity index (χ2v) is 6.60. The largest absolute Gasteiger partial charge is 0.468 e. The van der Waals surface area contributed by atoms with E-state index in [1.54, 1.807) is 0 Å². The number of fused-ring (bicyclic) bond motifs is 1. The third-order valence-electron chi connectivity index (χ3n) is 4.49. The van der Waals surface area contributed by atoms with Gasteiger partial charge in [0.2, 0.25) is 0 Å². The highest BCUT2D eigenvalue weighted by atomic mass is 79.9. The average Bonchev–Trinajstić information content (AvgIpc) is 2.61. The first-order valence-electron chi connectivity index (χ1n) is 7.49. The van der Waals surface area contributed by atoms with Crippen LogP contribution in [0.5, 0.6) is 0 Å². The van der Waals surface area contributed by atoms with Crippen LogP contribution in [0.2, 0.25) is 0 Å². The van der Waals surface area contributed by atoms with E-state index in [1.165, 1.54) is 19.2 Å². The molecule has 0 bridgehead atoms. The Balaban J connectivity index is 2.41. The molecule has 0 amide bonds. The summed E-state index contributed by atoms with van der Waals surface area (Å²) in [5, 5.41) is 12.0. The molecule has 1 aromatic carbocycles. The van der Waals surface area contributed by atoms with Gasteiger partial charge in [-0.3, -0.25) is 14.9 Å². The molecule has 1 saturated heterocycles. The van der Waals surface area contributed by atoms with E-state index in [2.05, 4.69) is 20.9 Å². The molecule has 132 valence electrons. The Kier molecular flexibility index (Phi) is 4.70. The van der Waals surface area contributed by atoms with E-state index in [9.17, 15) is 19.3 Å². The normalized spacial score (nSPS) is 16.6. The van der Waals surface area contributed by atoms with Crippen molar-refractivity contribution in [3.63, 3.8) is 0 Å². The van der Waals surface area contributed by atoms with Gasteiger partial charge in [-0.05, 0) is 34.8 Å². The van der Waals surface area contributed by atoms with Crippen LogP contribution in [0, 0.1) is 15.9 Å². The van der Waals surface area contributed by atoms with E-state index < -0.39 is 22.1 Å².